The standard InChI is InChI=1S/C18H25N5O2/c24-12-10-15(14-7-3-1-4-8-14)20-18(25)19-13-17-22-21-16-9-5-2-6-11-23(16)17/h1,3-4,7-8,15,24H,2,5-6,9-13H2,(H2,19,20,25)/t15-/m1/s1. The number of rotatable bonds is 6. The van der Waals surface area contributed by atoms with E-state index in [9.17, 15) is 9.90 Å². The lowest BCUT2D eigenvalue weighted by atomic mass is 10.0. The van der Waals surface area contributed by atoms with E-state index in [-0.39, 0.29) is 18.7 Å². The zero-order chi connectivity index (χ0) is 17.5. The quantitative estimate of drug-likeness (QED) is 0.747. The molecule has 0 spiro atoms. The molecule has 3 N–H and O–H groups in total. The minimum atomic E-state index is -0.270. The fraction of sp³-hybridized carbons (Fsp3) is 0.500. The number of aliphatic hydroxyl groups is 1. The molecule has 0 unspecified atom stereocenters. The van der Waals surface area contributed by atoms with Crippen molar-refractivity contribution in [3.8, 4) is 0 Å². The van der Waals surface area contributed by atoms with Crippen LogP contribution in [-0.2, 0) is 19.5 Å². The summed E-state index contributed by atoms with van der Waals surface area (Å²) in [4.78, 5) is 12.3. The lowest BCUT2D eigenvalue weighted by Gasteiger charge is -2.18. The number of carbonyl (C=O) groups is 1. The second-order valence-corrected chi connectivity index (χ2v) is 6.30. The lowest BCUT2D eigenvalue weighted by Crippen LogP contribution is -2.38. The zero-order valence-corrected chi connectivity index (χ0v) is 14.3. The molecule has 1 atom stereocenters. The van der Waals surface area contributed by atoms with Crippen molar-refractivity contribution in [2.75, 3.05) is 6.61 Å². The second-order valence-electron chi connectivity index (χ2n) is 6.30. The Labute approximate surface area is 147 Å². The molecule has 7 nitrogen and oxygen atoms in total. The van der Waals surface area contributed by atoms with Gasteiger partial charge in [0.25, 0.3) is 0 Å². The summed E-state index contributed by atoms with van der Waals surface area (Å²) in [5.41, 5.74) is 0.975. The molecule has 25 heavy (non-hydrogen) atoms. The summed E-state index contributed by atoms with van der Waals surface area (Å²) in [6, 6.07) is 9.17. The molecule has 2 aromatic rings. The number of hydrogen-bond acceptors (Lipinski definition) is 4. The fourth-order valence-electron chi connectivity index (χ4n) is 3.18. The van der Waals surface area contributed by atoms with Crippen molar-refractivity contribution in [1.82, 2.24) is 25.4 Å². The van der Waals surface area contributed by atoms with Gasteiger partial charge in [0.15, 0.2) is 5.82 Å². The van der Waals surface area contributed by atoms with Crippen LogP contribution in [0.2, 0.25) is 0 Å². The molecule has 1 aliphatic rings. The second kappa shape index (κ2) is 8.62. The fourth-order valence-corrected chi connectivity index (χ4v) is 3.18. The highest BCUT2D eigenvalue weighted by Crippen LogP contribution is 2.16. The number of benzene rings is 1. The maximum Gasteiger partial charge on any atom is 0.315 e. The van der Waals surface area contributed by atoms with Gasteiger partial charge in [-0.1, -0.05) is 36.8 Å². The van der Waals surface area contributed by atoms with E-state index in [1.54, 1.807) is 0 Å². The average Bonchev–Trinajstić information content (AvgIpc) is 2.86. The third kappa shape index (κ3) is 4.57. The van der Waals surface area contributed by atoms with E-state index in [0.717, 1.165) is 43.0 Å². The number of nitrogens with zero attached hydrogens (tertiary/aromatic N) is 3. The predicted octanol–water partition coefficient (Wildman–Crippen LogP) is 1.93. The molecule has 2 amide bonds. The van der Waals surface area contributed by atoms with Gasteiger partial charge >= 0.3 is 6.03 Å². The first-order valence-corrected chi connectivity index (χ1v) is 8.89. The van der Waals surface area contributed by atoms with Crippen molar-refractivity contribution in [2.45, 2.75) is 51.2 Å². The van der Waals surface area contributed by atoms with Crippen molar-refractivity contribution in [3.63, 3.8) is 0 Å². The van der Waals surface area contributed by atoms with Crippen LogP contribution < -0.4 is 10.6 Å². The number of aryl methyl sites for hydroxylation is 1. The maximum atomic E-state index is 12.3. The van der Waals surface area contributed by atoms with Crippen molar-refractivity contribution >= 4 is 6.03 Å². The molecular formula is C18H25N5O2. The molecule has 134 valence electrons. The summed E-state index contributed by atoms with van der Waals surface area (Å²) < 4.78 is 2.12. The number of hydrogen-bond donors (Lipinski definition) is 3. The van der Waals surface area contributed by atoms with Crippen molar-refractivity contribution in [3.05, 3.63) is 47.5 Å². The van der Waals surface area contributed by atoms with Gasteiger partial charge in [0.2, 0.25) is 0 Å². The molecule has 0 saturated heterocycles. The minimum absolute atomic E-state index is 0.0114. The molecule has 0 saturated carbocycles. The van der Waals surface area contributed by atoms with Gasteiger partial charge in [0.1, 0.15) is 5.82 Å². The first-order valence-electron chi connectivity index (χ1n) is 8.89. The highest BCUT2D eigenvalue weighted by Gasteiger charge is 2.17. The van der Waals surface area contributed by atoms with Gasteiger partial charge < -0.3 is 20.3 Å². The highest BCUT2D eigenvalue weighted by atomic mass is 16.3. The Morgan fingerprint density at radius 3 is 2.84 bits per heavy atom. The zero-order valence-electron chi connectivity index (χ0n) is 14.3. The molecular weight excluding hydrogens is 318 g/mol. The Morgan fingerprint density at radius 2 is 2.04 bits per heavy atom. The van der Waals surface area contributed by atoms with E-state index >= 15 is 0 Å². The molecule has 2 heterocycles. The van der Waals surface area contributed by atoms with E-state index in [2.05, 4.69) is 25.4 Å². The number of fused-ring (bicyclic) bond motifs is 1. The van der Waals surface area contributed by atoms with Gasteiger partial charge in [-0.15, -0.1) is 10.2 Å². The van der Waals surface area contributed by atoms with Crippen molar-refractivity contribution in [1.29, 1.82) is 0 Å². The predicted molar refractivity (Wildman–Crippen MR) is 93.8 cm³/mol. The Morgan fingerprint density at radius 1 is 1.20 bits per heavy atom. The number of aliphatic hydroxyl groups excluding tert-OH is 1. The summed E-state index contributed by atoms with van der Waals surface area (Å²) in [6.07, 6.45) is 4.89. The Balaban J connectivity index is 1.58. The first kappa shape index (κ1) is 17.4. The minimum Gasteiger partial charge on any atom is -0.396 e. The van der Waals surface area contributed by atoms with Crippen LogP contribution in [0.5, 0.6) is 0 Å². The van der Waals surface area contributed by atoms with E-state index in [1.807, 2.05) is 30.3 Å². The third-order valence-electron chi connectivity index (χ3n) is 4.52. The van der Waals surface area contributed by atoms with Gasteiger partial charge in [0.05, 0.1) is 12.6 Å². The summed E-state index contributed by atoms with van der Waals surface area (Å²) in [5, 5.41) is 23.5. The van der Waals surface area contributed by atoms with Crippen LogP contribution in [0.25, 0.3) is 0 Å². The SMILES string of the molecule is O=C(NCc1nnc2n1CCCCC2)N[C@H](CCO)c1ccccc1. The number of carbonyl (C=O) groups excluding carboxylic acids is 1. The normalized spacial score (nSPS) is 15.1. The summed E-state index contributed by atoms with van der Waals surface area (Å²) in [6.45, 7) is 1.27. The summed E-state index contributed by atoms with van der Waals surface area (Å²) in [5.74, 6) is 1.81. The molecule has 0 bridgehead atoms. The topological polar surface area (TPSA) is 92.1 Å². The number of aromatic nitrogens is 3. The van der Waals surface area contributed by atoms with Crippen molar-refractivity contribution in [2.24, 2.45) is 0 Å². The lowest BCUT2D eigenvalue weighted by molar-refractivity contribution is 0.228. The van der Waals surface area contributed by atoms with Gasteiger partial charge in [-0.2, -0.15) is 0 Å². The molecule has 1 aromatic heterocycles. The van der Waals surface area contributed by atoms with Crippen LogP contribution >= 0.6 is 0 Å². The molecule has 0 fully saturated rings. The molecule has 1 aromatic carbocycles. The summed E-state index contributed by atoms with van der Waals surface area (Å²) in [7, 11) is 0. The Kier molecular flexibility index (Phi) is 6.00. The van der Waals surface area contributed by atoms with Crippen LogP contribution in [0, 0.1) is 0 Å². The molecule has 3 rings (SSSR count). The molecule has 0 radical (unpaired) electrons. The van der Waals surface area contributed by atoms with Crippen LogP contribution in [0.1, 0.15) is 48.9 Å². The van der Waals surface area contributed by atoms with Gasteiger partial charge in [-0.3, -0.25) is 0 Å². The van der Waals surface area contributed by atoms with Crippen molar-refractivity contribution < 1.29 is 9.90 Å². The molecule has 7 heteroatoms. The third-order valence-corrected chi connectivity index (χ3v) is 4.52. The highest BCUT2D eigenvalue weighted by molar-refractivity contribution is 5.74. The van der Waals surface area contributed by atoms with E-state index < -0.39 is 0 Å². The average molecular weight is 343 g/mol. The largest absolute Gasteiger partial charge is 0.396 e. The Bertz CT molecular complexity index is 686. The van der Waals surface area contributed by atoms with Crippen LogP contribution in [-0.4, -0.2) is 32.5 Å². The first-order chi connectivity index (χ1) is 12.3. The van der Waals surface area contributed by atoms with E-state index in [4.69, 9.17) is 0 Å². The number of urea groups is 1. The molecule has 0 aliphatic carbocycles. The molecule has 1 aliphatic heterocycles. The van der Waals surface area contributed by atoms with Gasteiger partial charge in [0, 0.05) is 19.6 Å². The number of amides is 2. The number of nitrogens with one attached hydrogen (secondary N) is 2. The van der Waals surface area contributed by atoms with E-state index in [0.29, 0.717) is 13.0 Å². The van der Waals surface area contributed by atoms with Gasteiger partial charge in [-0.05, 0) is 24.8 Å². The van der Waals surface area contributed by atoms with Crippen LogP contribution in [0.4, 0.5) is 4.79 Å². The van der Waals surface area contributed by atoms with Gasteiger partial charge in [-0.25, -0.2) is 4.79 Å². The maximum absolute atomic E-state index is 12.3. The Hall–Kier alpha value is -2.41. The van der Waals surface area contributed by atoms with Crippen LogP contribution in [0.15, 0.2) is 30.3 Å². The smallest absolute Gasteiger partial charge is 0.315 e. The summed E-state index contributed by atoms with van der Waals surface area (Å²) >= 11 is 0. The van der Waals surface area contributed by atoms with E-state index in [1.165, 1.54) is 6.42 Å². The van der Waals surface area contributed by atoms with Crippen LogP contribution in [0.3, 0.4) is 0 Å². The monoisotopic (exact) mass is 343 g/mol.